The van der Waals surface area contributed by atoms with Crippen LogP contribution in [-0.2, 0) is 14.3 Å². The van der Waals surface area contributed by atoms with Crippen LogP contribution in [-0.4, -0.2) is 23.0 Å². The fourth-order valence-electron chi connectivity index (χ4n) is 1.17. The summed E-state index contributed by atoms with van der Waals surface area (Å²) in [6, 6.07) is 0. The van der Waals surface area contributed by atoms with Gasteiger partial charge in [0.05, 0.1) is 17.5 Å². The van der Waals surface area contributed by atoms with Gasteiger partial charge in [0.25, 0.3) is 0 Å². The van der Waals surface area contributed by atoms with Crippen molar-refractivity contribution in [3.63, 3.8) is 0 Å². The zero-order chi connectivity index (χ0) is 9.14. The molecule has 0 aromatic carbocycles. The molecule has 69 valence electrons. The van der Waals surface area contributed by atoms with Crippen LogP contribution < -0.4 is 0 Å². The molecule has 0 aromatic heterocycles. The first-order valence-electron chi connectivity index (χ1n) is 3.89. The van der Waals surface area contributed by atoms with Crippen LogP contribution in [0.15, 0.2) is 0 Å². The third kappa shape index (κ3) is 2.45. The van der Waals surface area contributed by atoms with E-state index in [1.807, 2.05) is 6.92 Å². The Balaban J connectivity index is 2.50. The summed E-state index contributed by atoms with van der Waals surface area (Å²) >= 11 is 3.44. The van der Waals surface area contributed by atoms with Crippen molar-refractivity contribution >= 4 is 21.9 Å². The third-order valence-electron chi connectivity index (χ3n) is 1.75. The van der Waals surface area contributed by atoms with Crippen LogP contribution in [0.3, 0.4) is 0 Å². The van der Waals surface area contributed by atoms with Gasteiger partial charge in [0, 0.05) is 6.92 Å². The highest BCUT2D eigenvalue weighted by Crippen LogP contribution is 2.25. The number of ether oxygens (including phenoxy) is 2. The lowest BCUT2D eigenvalue weighted by atomic mass is 10.1. The first-order chi connectivity index (χ1) is 5.61. The number of carbonyl (C=O) groups is 1. The molecule has 1 saturated heterocycles. The first kappa shape index (κ1) is 9.99. The molecule has 0 N–H and O–H groups in total. The quantitative estimate of drug-likeness (QED) is 0.513. The Labute approximate surface area is 80.5 Å². The maximum Gasteiger partial charge on any atom is 0.303 e. The Bertz CT molecular complexity index is 162. The molecular formula is C8H12BrO3. The fourth-order valence-corrected chi connectivity index (χ4v) is 1.86. The summed E-state index contributed by atoms with van der Waals surface area (Å²) in [7, 11) is 0. The number of hydrogen-bond acceptors (Lipinski definition) is 3. The number of carbonyl (C=O) groups excluding carboxylic acids is 1. The van der Waals surface area contributed by atoms with E-state index in [4.69, 9.17) is 9.47 Å². The lowest BCUT2D eigenvalue weighted by Gasteiger charge is -2.32. The minimum Gasteiger partial charge on any atom is -0.459 e. The summed E-state index contributed by atoms with van der Waals surface area (Å²) in [5.74, 6) is -0.262. The average Bonchev–Trinajstić information content (AvgIpc) is 1.97. The highest BCUT2D eigenvalue weighted by atomic mass is 79.9. The molecule has 1 aliphatic heterocycles. The van der Waals surface area contributed by atoms with Gasteiger partial charge in [0.2, 0.25) is 0 Å². The van der Waals surface area contributed by atoms with Crippen molar-refractivity contribution in [1.82, 2.24) is 0 Å². The maximum atomic E-state index is 10.7. The Kier molecular flexibility index (Phi) is 3.53. The number of esters is 1. The molecule has 4 heteroatoms. The maximum absolute atomic E-state index is 10.7. The predicted molar refractivity (Wildman–Crippen MR) is 47.7 cm³/mol. The van der Waals surface area contributed by atoms with Gasteiger partial charge in [-0.05, 0) is 13.3 Å². The number of alkyl halides is 1. The van der Waals surface area contributed by atoms with Crippen molar-refractivity contribution in [1.29, 1.82) is 0 Å². The average molecular weight is 236 g/mol. The predicted octanol–water partition coefficient (Wildman–Crippen LogP) is 1.65. The van der Waals surface area contributed by atoms with Crippen LogP contribution in [0.25, 0.3) is 0 Å². The molecule has 1 fully saturated rings. The fraction of sp³-hybridized carbons (Fsp3) is 0.750. The molecule has 1 aliphatic rings. The second-order valence-electron chi connectivity index (χ2n) is 2.83. The van der Waals surface area contributed by atoms with Crippen molar-refractivity contribution in [2.24, 2.45) is 0 Å². The zero-order valence-electron chi connectivity index (χ0n) is 7.12. The number of hydrogen-bond donors (Lipinski definition) is 0. The summed E-state index contributed by atoms with van der Waals surface area (Å²) in [4.78, 5) is 10.9. The van der Waals surface area contributed by atoms with Gasteiger partial charge in [-0.15, -0.1) is 0 Å². The first-order valence-corrected chi connectivity index (χ1v) is 4.81. The molecule has 0 unspecified atom stereocenters. The Morgan fingerprint density at radius 3 is 2.92 bits per heavy atom. The molecule has 1 radical (unpaired) electrons. The number of halogens is 1. The second-order valence-corrected chi connectivity index (χ2v) is 4.01. The summed E-state index contributed by atoms with van der Waals surface area (Å²) in [6.45, 7) is 5.03. The second kappa shape index (κ2) is 4.23. The molecule has 1 rings (SSSR count). The number of rotatable bonds is 1. The smallest absolute Gasteiger partial charge is 0.303 e. The summed E-state index contributed by atoms with van der Waals surface area (Å²) in [5.41, 5.74) is 0. The lowest BCUT2D eigenvalue weighted by Crippen LogP contribution is -2.41. The molecule has 0 spiro atoms. The van der Waals surface area contributed by atoms with Gasteiger partial charge in [-0.3, -0.25) is 4.79 Å². The van der Waals surface area contributed by atoms with Gasteiger partial charge in [-0.2, -0.15) is 0 Å². The van der Waals surface area contributed by atoms with E-state index in [-0.39, 0.29) is 23.0 Å². The molecule has 0 aromatic rings. The van der Waals surface area contributed by atoms with E-state index in [1.165, 1.54) is 6.92 Å². The normalized spacial score (nSPS) is 36.1. The summed E-state index contributed by atoms with van der Waals surface area (Å²) < 4.78 is 10.3. The van der Waals surface area contributed by atoms with Crippen LogP contribution in [0, 0.1) is 6.61 Å². The van der Waals surface area contributed by atoms with Gasteiger partial charge < -0.3 is 9.47 Å². The monoisotopic (exact) mass is 235 g/mol. The van der Waals surface area contributed by atoms with Crippen LogP contribution in [0.2, 0.25) is 0 Å². The molecular weight excluding hydrogens is 224 g/mol. The van der Waals surface area contributed by atoms with E-state index in [9.17, 15) is 4.79 Å². The van der Waals surface area contributed by atoms with E-state index < -0.39 is 0 Å². The van der Waals surface area contributed by atoms with Crippen molar-refractivity contribution in [2.45, 2.75) is 37.3 Å². The molecule has 1 heterocycles. The molecule has 3 atom stereocenters. The molecule has 0 bridgehead atoms. The molecule has 0 amide bonds. The van der Waals surface area contributed by atoms with Crippen molar-refractivity contribution in [3.8, 4) is 0 Å². The zero-order valence-corrected chi connectivity index (χ0v) is 8.71. The van der Waals surface area contributed by atoms with E-state index in [0.717, 1.165) is 6.42 Å². The highest BCUT2D eigenvalue weighted by molar-refractivity contribution is 9.09. The Morgan fingerprint density at radius 2 is 2.42 bits per heavy atom. The minimum absolute atomic E-state index is 0.0629. The molecule has 0 aliphatic carbocycles. The third-order valence-corrected chi connectivity index (χ3v) is 2.65. The van der Waals surface area contributed by atoms with Gasteiger partial charge >= 0.3 is 5.97 Å². The largest absolute Gasteiger partial charge is 0.459 e. The Hall–Kier alpha value is -0.0900. The molecule has 12 heavy (non-hydrogen) atoms. The van der Waals surface area contributed by atoms with Gasteiger partial charge in [-0.25, -0.2) is 0 Å². The van der Waals surface area contributed by atoms with Crippen molar-refractivity contribution in [3.05, 3.63) is 6.61 Å². The van der Waals surface area contributed by atoms with Crippen LogP contribution in [0.4, 0.5) is 0 Å². The van der Waals surface area contributed by atoms with E-state index in [1.54, 1.807) is 6.61 Å². The summed E-state index contributed by atoms with van der Waals surface area (Å²) in [5, 5.41) is 0. The van der Waals surface area contributed by atoms with Crippen molar-refractivity contribution in [2.75, 3.05) is 0 Å². The van der Waals surface area contributed by atoms with Gasteiger partial charge in [0.15, 0.2) is 0 Å². The topological polar surface area (TPSA) is 35.5 Å². The minimum atomic E-state index is -0.262. The van der Waals surface area contributed by atoms with Crippen LogP contribution >= 0.6 is 15.9 Å². The van der Waals surface area contributed by atoms with Gasteiger partial charge in [-0.1, -0.05) is 15.9 Å². The van der Waals surface area contributed by atoms with Crippen molar-refractivity contribution < 1.29 is 14.3 Å². The van der Waals surface area contributed by atoms with Gasteiger partial charge in [0.1, 0.15) is 6.10 Å². The highest BCUT2D eigenvalue weighted by Gasteiger charge is 2.32. The Morgan fingerprint density at radius 1 is 1.75 bits per heavy atom. The van der Waals surface area contributed by atoms with E-state index in [0.29, 0.717) is 0 Å². The summed E-state index contributed by atoms with van der Waals surface area (Å²) in [6.07, 6.45) is 0.530. The SMILES string of the molecule is CC(=O)O[C@H]1[C@H](C)O[CH]C[C@@H]1Br. The van der Waals surface area contributed by atoms with E-state index >= 15 is 0 Å². The lowest BCUT2D eigenvalue weighted by molar-refractivity contribution is -0.155. The molecule has 3 nitrogen and oxygen atoms in total. The van der Waals surface area contributed by atoms with E-state index in [2.05, 4.69) is 15.9 Å². The van der Waals surface area contributed by atoms with Crippen LogP contribution in [0.1, 0.15) is 20.3 Å². The van der Waals surface area contributed by atoms with Crippen LogP contribution in [0.5, 0.6) is 0 Å². The standard InChI is InChI=1S/C8H12BrO3/c1-5-8(12-6(2)10)7(9)3-4-11-5/h4-5,7-8H,3H2,1-2H3/t5-,7-,8-/m0/s1. The molecule has 0 saturated carbocycles.